The van der Waals surface area contributed by atoms with Crippen molar-refractivity contribution in [1.82, 2.24) is 0 Å². The fourth-order valence-electron chi connectivity index (χ4n) is 1.10. The Hall–Kier alpha value is -1.03. The van der Waals surface area contributed by atoms with Crippen molar-refractivity contribution < 1.29 is 9.53 Å². The normalized spacial score (nSPS) is 10.1. The van der Waals surface area contributed by atoms with E-state index in [0.29, 0.717) is 20.7 Å². The maximum absolute atomic E-state index is 11.6. The SMILES string of the molecule is O=C(Oc1ccc(Cl)cc1Cl)c1cccs1. The minimum Gasteiger partial charge on any atom is -0.421 e. The van der Waals surface area contributed by atoms with Gasteiger partial charge in [-0.2, -0.15) is 0 Å². The van der Waals surface area contributed by atoms with E-state index in [0.717, 1.165) is 0 Å². The van der Waals surface area contributed by atoms with Crippen molar-refractivity contribution in [2.24, 2.45) is 0 Å². The molecule has 0 saturated heterocycles. The van der Waals surface area contributed by atoms with Gasteiger partial charge in [0.05, 0.1) is 5.02 Å². The number of halogens is 2. The highest BCUT2D eigenvalue weighted by atomic mass is 35.5. The predicted octanol–water partition coefficient (Wildman–Crippen LogP) is 4.27. The fourth-order valence-corrected chi connectivity index (χ4v) is 2.15. The van der Waals surface area contributed by atoms with Gasteiger partial charge in [0.15, 0.2) is 0 Å². The summed E-state index contributed by atoms with van der Waals surface area (Å²) in [6.45, 7) is 0. The van der Waals surface area contributed by atoms with Crippen LogP contribution in [0.25, 0.3) is 0 Å². The second kappa shape index (κ2) is 4.87. The minimum absolute atomic E-state index is 0.310. The van der Waals surface area contributed by atoms with Gasteiger partial charge in [-0.1, -0.05) is 29.3 Å². The molecule has 0 bridgehead atoms. The second-order valence-electron chi connectivity index (χ2n) is 2.94. The van der Waals surface area contributed by atoms with Crippen molar-refractivity contribution in [1.29, 1.82) is 0 Å². The standard InChI is InChI=1S/C11H6Cl2O2S/c12-7-3-4-9(8(13)6-7)15-11(14)10-2-1-5-16-10/h1-6H. The molecule has 0 N–H and O–H groups in total. The number of ether oxygens (including phenoxy) is 1. The summed E-state index contributed by atoms with van der Waals surface area (Å²) >= 11 is 12.9. The molecule has 0 atom stereocenters. The number of rotatable bonds is 2. The molecule has 0 saturated carbocycles. The summed E-state index contributed by atoms with van der Waals surface area (Å²) < 4.78 is 5.13. The number of benzene rings is 1. The summed E-state index contributed by atoms with van der Waals surface area (Å²) in [5.74, 6) is -0.108. The lowest BCUT2D eigenvalue weighted by Gasteiger charge is -2.04. The van der Waals surface area contributed by atoms with Crippen molar-refractivity contribution >= 4 is 40.5 Å². The van der Waals surface area contributed by atoms with E-state index < -0.39 is 5.97 Å². The van der Waals surface area contributed by atoms with E-state index >= 15 is 0 Å². The highest BCUT2D eigenvalue weighted by molar-refractivity contribution is 7.12. The Kier molecular flexibility index (Phi) is 3.49. The van der Waals surface area contributed by atoms with Gasteiger partial charge in [0.1, 0.15) is 10.6 Å². The lowest BCUT2D eigenvalue weighted by Crippen LogP contribution is -2.06. The van der Waals surface area contributed by atoms with Crippen LogP contribution in [0.15, 0.2) is 35.7 Å². The van der Waals surface area contributed by atoms with E-state index in [1.807, 2.05) is 0 Å². The van der Waals surface area contributed by atoms with Crippen LogP contribution >= 0.6 is 34.5 Å². The second-order valence-corrected chi connectivity index (χ2v) is 4.73. The van der Waals surface area contributed by atoms with Crippen molar-refractivity contribution in [2.75, 3.05) is 0 Å². The minimum atomic E-state index is -0.417. The maximum Gasteiger partial charge on any atom is 0.353 e. The molecule has 1 aromatic carbocycles. The number of carbonyl (C=O) groups is 1. The third-order valence-electron chi connectivity index (χ3n) is 1.82. The molecule has 0 aliphatic rings. The van der Waals surface area contributed by atoms with Crippen LogP contribution in [0.3, 0.4) is 0 Å². The first-order valence-corrected chi connectivity index (χ1v) is 6.01. The topological polar surface area (TPSA) is 26.3 Å². The van der Waals surface area contributed by atoms with Gasteiger partial charge in [0, 0.05) is 5.02 Å². The number of hydrogen-bond donors (Lipinski definition) is 0. The summed E-state index contributed by atoms with van der Waals surface area (Å²) in [7, 11) is 0. The molecule has 0 aliphatic carbocycles. The molecule has 0 amide bonds. The Balaban J connectivity index is 2.18. The molecule has 0 fully saturated rings. The highest BCUT2D eigenvalue weighted by Crippen LogP contribution is 2.28. The largest absolute Gasteiger partial charge is 0.421 e. The van der Waals surface area contributed by atoms with Crippen LogP contribution in [0, 0.1) is 0 Å². The van der Waals surface area contributed by atoms with Crippen molar-refractivity contribution in [2.45, 2.75) is 0 Å². The lowest BCUT2D eigenvalue weighted by molar-refractivity contribution is 0.0740. The van der Waals surface area contributed by atoms with E-state index in [2.05, 4.69) is 0 Å². The summed E-state index contributed by atoms with van der Waals surface area (Å²) in [6.07, 6.45) is 0. The Morgan fingerprint density at radius 1 is 1.25 bits per heavy atom. The molecule has 0 unspecified atom stereocenters. The molecule has 1 heterocycles. The quantitative estimate of drug-likeness (QED) is 0.603. The summed E-state index contributed by atoms with van der Waals surface area (Å²) in [6, 6.07) is 8.18. The molecule has 5 heteroatoms. The van der Waals surface area contributed by atoms with Gasteiger partial charge in [0.2, 0.25) is 0 Å². The summed E-state index contributed by atoms with van der Waals surface area (Å²) in [5, 5.41) is 2.62. The number of carbonyl (C=O) groups excluding carboxylic acids is 1. The first kappa shape index (κ1) is 11.5. The number of hydrogen-bond acceptors (Lipinski definition) is 3. The van der Waals surface area contributed by atoms with Crippen LogP contribution in [-0.4, -0.2) is 5.97 Å². The zero-order chi connectivity index (χ0) is 11.5. The monoisotopic (exact) mass is 272 g/mol. The van der Waals surface area contributed by atoms with Crippen molar-refractivity contribution in [3.05, 3.63) is 50.6 Å². The van der Waals surface area contributed by atoms with E-state index in [4.69, 9.17) is 27.9 Å². The van der Waals surface area contributed by atoms with Crippen LogP contribution in [-0.2, 0) is 0 Å². The third kappa shape index (κ3) is 2.55. The van der Waals surface area contributed by atoms with Gasteiger partial charge in [-0.25, -0.2) is 4.79 Å². The fraction of sp³-hybridized carbons (Fsp3) is 0. The molecule has 2 nitrogen and oxygen atoms in total. The molecule has 0 aliphatic heterocycles. The lowest BCUT2D eigenvalue weighted by atomic mass is 10.3. The van der Waals surface area contributed by atoms with Crippen LogP contribution < -0.4 is 4.74 Å². The first-order chi connectivity index (χ1) is 7.66. The van der Waals surface area contributed by atoms with Crippen LogP contribution in [0.2, 0.25) is 10.0 Å². The summed E-state index contributed by atoms with van der Waals surface area (Å²) in [5.41, 5.74) is 0. The van der Waals surface area contributed by atoms with E-state index in [1.54, 1.807) is 29.6 Å². The summed E-state index contributed by atoms with van der Waals surface area (Å²) in [4.78, 5) is 12.1. The number of thiophene rings is 1. The predicted molar refractivity (Wildman–Crippen MR) is 65.7 cm³/mol. The third-order valence-corrected chi connectivity index (χ3v) is 3.20. The van der Waals surface area contributed by atoms with E-state index in [9.17, 15) is 4.79 Å². The van der Waals surface area contributed by atoms with Crippen LogP contribution in [0.4, 0.5) is 0 Å². The molecular weight excluding hydrogens is 267 g/mol. The Bertz CT molecular complexity index is 509. The molecule has 16 heavy (non-hydrogen) atoms. The highest BCUT2D eigenvalue weighted by Gasteiger charge is 2.11. The van der Waals surface area contributed by atoms with Gasteiger partial charge in [-0.3, -0.25) is 0 Å². The molecule has 2 aromatic rings. The molecular formula is C11H6Cl2O2S. The van der Waals surface area contributed by atoms with Crippen LogP contribution in [0.1, 0.15) is 9.67 Å². The zero-order valence-corrected chi connectivity index (χ0v) is 10.3. The van der Waals surface area contributed by atoms with Crippen LogP contribution in [0.5, 0.6) is 5.75 Å². The van der Waals surface area contributed by atoms with Gasteiger partial charge in [-0.05, 0) is 29.6 Å². The van der Waals surface area contributed by atoms with Crippen molar-refractivity contribution in [3.8, 4) is 5.75 Å². The van der Waals surface area contributed by atoms with Gasteiger partial charge in [0.25, 0.3) is 0 Å². The first-order valence-electron chi connectivity index (χ1n) is 4.37. The van der Waals surface area contributed by atoms with Gasteiger partial charge in [-0.15, -0.1) is 11.3 Å². The Labute approximate surface area is 106 Å². The Morgan fingerprint density at radius 3 is 2.69 bits per heavy atom. The molecule has 0 spiro atoms. The van der Waals surface area contributed by atoms with E-state index in [1.165, 1.54) is 17.4 Å². The average molecular weight is 273 g/mol. The maximum atomic E-state index is 11.6. The van der Waals surface area contributed by atoms with Gasteiger partial charge < -0.3 is 4.74 Å². The molecule has 2 rings (SSSR count). The smallest absolute Gasteiger partial charge is 0.353 e. The van der Waals surface area contributed by atoms with E-state index in [-0.39, 0.29) is 0 Å². The number of esters is 1. The van der Waals surface area contributed by atoms with Crippen molar-refractivity contribution in [3.63, 3.8) is 0 Å². The molecule has 82 valence electrons. The average Bonchev–Trinajstić information content (AvgIpc) is 2.75. The van der Waals surface area contributed by atoms with Gasteiger partial charge >= 0.3 is 5.97 Å². The Morgan fingerprint density at radius 2 is 2.06 bits per heavy atom. The molecule has 1 aromatic heterocycles. The molecule has 0 radical (unpaired) electrons. The zero-order valence-electron chi connectivity index (χ0n) is 7.94.